The fourth-order valence-electron chi connectivity index (χ4n) is 5.68. The van der Waals surface area contributed by atoms with Crippen molar-refractivity contribution in [3.63, 3.8) is 0 Å². The number of aromatic nitrogens is 3. The number of aliphatic hydroxyl groups is 1. The lowest BCUT2D eigenvalue weighted by molar-refractivity contribution is -0.122. The first-order chi connectivity index (χ1) is 19.3. The third-order valence-electron chi connectivity index (χ3n) is 7.79. The molecule has 2 aromatic heterocycles. The molecule has 4 heterocycles. The molecule has 5 rings (SSSR count). The molecule has 11 heteroatoms. The first-order valence-electron chi connectivity index (χ1n) is 13.4. The molecule has 2 N–H and O–H groups in total. The molecular weight excluding hydrogens is 576 g/mol. The van der Waals surface area contributed by atoms with Gasteiger partial charge in [-0.25, -0.2) is 15.0 Å². The van der Waals surface area contributed by atoms with Gasteiger partial charge in [-0.15, -0.1) is 0 Å². The van der Waals surface area contributed by atoms with Crippen molar-refractivity contribution in [3.05, 3.63) is 58.1 Å². The molecule has 0 saturated carbocycles. The zero-order valence-corrected chi connectivity index (χ0v) is 24.9. The minimum atomic E-state index is -0.782. The second-order valence-corrected chi connectivity index (χ2v) is 11.4. The molecule has 1 fully saturated rings. The number of hydrogen-bond donors (Lipinski definition) is 2. The van der Waals surface area contributed by atoms with E-state index in [-0.39, 0.29) is 18.4 Å². The van der Waals surface area contributed by atoms with Crippen molar-refractivity contribution >= 4 is 39.2 Å². The van der Waals surface area contributed by atoms with Crippen LogP contribution in [0.25, 0.3) is 0 Å². The minimum Gasteiger partial charge on any atom is -0.497 e. The van der Waals surface area contributed by atoms with E-state index in [0.29, 0.717) is 30.4 Å². The number of carbonyl (C=O) groups excluding carboxylic acids is 1. The van der Waals surface area contributed by atoms with Crippen molar-refractivity contribution in [1.29, 1.82) is 0 Å². The molecule has 1 aromatic carbocycles. The summed E-state index contributed by atoms with van der Waals surface area (Å²) >= 11 is 3.51. The summed E-state index contributed by atoms with van der Waals surface area (Å²) in [6.07, 6.45) is 3.33. The summed E-state index contributed by atoms with van der Waals surface area (Å²) in [4.78, 5) is 31.9. The first kappa shape index (κ1) is 28.1. The maximum Gasteiger partial charge on any atom is 0.238 e. The van der Waals surface area contributed by atoms with Crippen LogP contribution in [0.1, 0.15) is 49.4 Å². The fraction of sp³-hybridized carbons (Fsp3) is 0.448. The van der Waals surface area contributed by atoms with Crippen LogP contribution in [0, 0.1) is 0 Å². The summed E-state index contributed by atoms with van der Waals surface area (Å²) in [5.74, 6) is 3.05. The van der Waals surface area contributed by atoms with Gasteiger partial charge in [0.1, 0.15) is 34.1 Å². The van der Waals surface area contributed by atoms with E-state index in [4.69, 9.17) is 19.4 Å². The molecule has 10 nitrogen and oxygen atoms in total. The van der Waals surface area contributed by atoms with Crippen molar-refractivity contribution in [2.24, 2.45) is 0 Å². The SMILES string of the molecule is COc1ccc(CN2C(=O)C(C)(C)c3c(N4CCC(c5nc(Br)ccc5NCCO)CC4)ncnc32)c(OC)c1. The van der Waals surface area contributed by atoms with Crippen molar-refractivity contribution < 1.29 is 19.4 Å². The first-order valence-corrected chi connectivity index (χ1v) is 14.2. The van der Waals surface area contributed by atoms with Gasteiger partial charge in [0.05, 0.1) is 49.7 Å². The second-order valence-electron chi connectivity index (χ2n) is 10.6. The Hall–Kier alpha value is -3.44. The Morgan fingerprint density at radius 1 is 1.10 bits per heavy atom. The highest BCUT2D eigenvalue weighted by Crippen LogP contribution is 2.46. The zero-order valence-electron chi connectivity index (χ0n) is 23.3. The molecule has 1 saturated heterocycles. The van der Waals surface area contributed by atoms with Gasteiger partial charge >= 0.3 is 0 Å². The number of pyridine rings is 1. The Morgan fingerprint density at radius 2 is 1.85 bits per heavy atom. The van der Waals surface area contributed by atoms with E-state index in [9.17, 15) is 9.90 Å². The Bertz CT molecular complexity index is 1390. The number of piperidine rings is 1. The fourth-order valence-corrected chi connectivity index (χ4v) is 6.00. The number of halogens is 1. The van der Waals surface area contributed by atoms with Gasteiger partial charge in [-0.2, -0.15) is 0 Å². The highest BCUT2D eigenvalue weighted by molar-refractivity contribution is 9.10. The number of methoxy groups -OCH3 is 2. The minimum absolute atomic E-state index is 0.0186. The predicted octanol–water partition coefficient (Wildman–Crippen LogP) is 4.26. The van der Waals surface area contributed by atoms with Gasteiger partial charge in [0, 0.05) is 37.2 Å². The molecule has 0 radical (unpaired) electrons. The maximum absolute atomic E-state index is 13.8. The number of ether oxygens (including phenoxy) is 2. The van der Waals surface area contributed by atoms with Gasteiger partial charge in [0.2, 0.25) is 5.91 Å². The predicted molar refractivity (Wildman–Crippen MR) is 157 cm³/mol. The molecule has 212 valence electrons. The van der Waals surface area contributed by atoms with E-state index in [0.717, 1.165) is 58.9 Å². The molecule has 0 unspecified atom stereocenters. The monoisotopic (exact) mass is 610 g/mol. The number of aliphatic hydroxyl groups excluding tert-OH is 1. The van der Waals surface area contributed by atoms with Crippen LogP contribution in [-0.4, -0.2) is 66.4 Å². The number of nitrogens with zero attached hydrogens (tertiary/aromatic N) is 5. The number of carbonyl (C=O) groups is 1. The van der Waals surface area contributed by atoms with Crippen LogP contribution >= 0.6 is 15.9 Å². The molecule has 3 aromatic rings. The number of amides is 1. The van der Waals surface area contributed by atoms with Crippen molar-refractivity contribution in [2.75, 3.05) is 55.6 Å². The maximum atomic E-state index is 13.8. The topological polar surface area (TPSA) is 113 Å². The number of nitrogens with one attached hydrogen (secondary N) is 1. The van der Waals surface area contributed by atoms with Crippen LogP contribution in [-0.2, 0) is 16.8 Å². The molecule has 1 amide bonds. The van der Waals surface area contributed by atoms with Gasteiger partial charge in [0.15, 0.2) is 0 Å². The lowest BCUT2D eigenvalue weighted by atomic mass is 9.86. The molecule has 2 aliphatic rings. The Labute approximate surface area is 242 Å². The summed E-state index contributed by atoms with van der Waals surface area (Å²) in [6, 6.07) is 9.52. The Kier molecular flexibility index (Phi) is 8.14. The largest absolute Gasteiger partial charge is 0.497 e. The number of hydrogen-bond acceptors (Lipinski definition) is 9. The standard InChI is InChI=1S/C29H35BrN6O4/c1-29(2)24-26(35-12-9-18(10-13-35)25-21(31-11-14-37)7-8-23(30)34-25)32-17-33-27(24)36(28(29)38)16-19-5-6-20(39-3)15-22(19)40-4/h5-8,15,17-18,31,37H,9-14,16H2,1-4H3. The van der Waals surface area contributed by atoms with Crippen LogP contribution in [0.5, 0.6) is 11.5 Å². The van der Waals surface area contributed by atoms with Crippen molar-refractivity contribution in [2.45, 2.75) is 44.6 Å². The lowest BCUT2D eigenvalue weighted by Crippen LogP contribution is -2.38. The Morgan fingerprint density at radius 3 is 2.55 bits per heavy atom. The Balaban J connectivity index is 1.40. The van der Waals surface area contributed by atoms with Gasteiger partial charge in [-0.3, -0.25) is 9.69 Å². The van der Waals surface area contributed by atoms with Crippen LogP contribution in [0.15, 0.2) is 41.3 Å². The smallest absolute Gasteiger partial charge is 0.238 e. The molecule has 0 aliphatic carbocycles. The number of benzene rings is 1. The third-order valence-corrected chi connectivity index (χ3v) is 8.23. The lowest BCUT2D eigenvalue weighted by Gasteiger charge is -2.35. The van der Waals surface area contributed by atoms with Crippen molar-refractivity contribution in [1.82, 2.24) is 15.0 Å². The molecule has 0 bridgehead atoms. The molecule has 2 aliphatic heterocycles. The number of fused-ring (bicyclic) bond motifs is 1. The molecule has 0 atom stereocenters. The third kappa shape index (κ3) is 5.19. The second kappa shape index (κ2) is 11.6. The van der Waals surface area contributed by atoms with E-state index < -0.39 is 5.41 Å². The average Bonchev–Trinajstić information content (AvgIpc) is 3.17. The number of anilines is 3. The highest BCUT2D eigenvalue weighted by atomic mass is 79.9. The molecule has 0 spiro atoms. The summed E-state index contributed by atoms with van der Waals surface area (Å²) in [7, 11) is 3.22. The van der Waals surface area contributed by atoms with Crippen LogP contribution in [0.3, 0.4) is 0 Å². The van der Waals surface area contributed by atoms with Crippen LogP contribution < -0.4 is 24.6 Å². The van der Waals surface area contributed by atoms with E-state index in [1.54, 1.807) is 25.4 Å². The summed E-state index contributed by atoms with van der Waals surface area (Å²) in [6.45, 7) is 6.32. The van der Waals surface area contributed by atoms with E-state index in [1.165, 1.54) is 0 Å². The summed E-state index contributed by atoms with van der Waals surface area (Å²) in [5.41, 5.74) is 2.90. The van der Waals surface area contributed by atoms with E-state index in [2.05, 4.69) is 31.1 Å². The molecule has 40 heavy (non-hydrogen) atoms. The summed E-state index contributed by atoms with van der Waals surface area (Å²) < 4.78 is 11.7. The quantitative estimate of drug-likeness (QED) is 0.343. The summed E-state index contributed by atoms with van der Waals surface area (Å²) in [5, 5.41) is 12.6. The average molecular weight is 612 g/mol. The van der Waals surface area contributed by atoms with Gasteiger partial charge in [0.25, 0.3) is 0 Å². The van der Waals surface area contributed by atoms with Gasteiger partial charge < -0.3 is 24.8 Å². The normalized spacial score (nSPS) is 16.7. The van der Waals surface area contributed by atoms with Crippen LogP contribution in [0.4, 0.5) is 17.3 Å². The highest BCUT2D eigenvalue weighted by Gasteiger charge is 2.48. The molecular formula is C29H35BrN6O4. The van der Waals surface area contributed by atoms with Gasteiger partial charge in [-0.05, 0) is 66.9 Å². The van der Waals surface area contributed by atoms with Crippen LogP contribution in [0.2, 0.25) is 0 Å². The van der Waals surface area contributed by atoms with Gasteiger partial charge in [-0.1, -0.05) is 0 Å². The van der Waals surface area contributed by atoms with E-state index >= 15 is 0 Å². The van der Waals surface area contributed by atoms with Crippen molar-refractivity contribution in [3.8, 4) is 11.5 Å². The zero-order chi connectivity index (χ0) is 28.4. The van der Waals surface area contributed by atoms with E-state index in [1.807, 2.05) is 44.2 Å². The number of rotatable bonds is 9.